The molecule has 3 amide bonds. The molecule has 30 heavy (non-hydrogen) atoms. The monoisotopic (exact) mass is 412 g/mol. The molecular formula is C20H19FN5O4+. The second kappa shape index (κ2) is 7.90. The smallest absolute Gasteiger partial charge is 0.497 e. The lowest BCUT2D eigenvalue weighted by molar-refractivity contribution is -0.509. The number of carbonyl (C=O) groups excluding carboxylic acids is 3. The first-order valence-corrected chi connectivity index (χ1v) is 9.25. The molecule has 2 aromatic rings. The first-order chi connectivity index (χ1) is 14.5. The number of ether oxygens (including phenoxy) is 1. The summed E-state index contributed by atoms with van der Waals surface area (Å²) in [6, 6.07) is 12.5. The van der Waals surface area contributed by atoms with Crippen LogP contribution in [0, 0.1) is 5.82 Å². The van der Waals surface area contributed by atoms with Gasteiger partial charge in [-0.15, -0.1) is 0 Å². The Kier molecular flexibility index (Phi) is 5.13. The molecule has 2 aliphatic rings. The van der Waals surface area contributed by atoms with E-state index in [9.17, 15) is 18.8 Å². The van der Waals surface area contributed by atoms with E-state index >= 15 is 0 Å². The van der Waals surface area contributed by atoms with Crippen LogP contribution in [0.3, 0.4) is 0 Å². The molecule has 1 saturated heterocycles. The zero-order chi connectivity index (χ0) is 21.3. The quantitative estimate of drug-likeness (QED) is 0.592. The molecule has 0 spiro atoms. The summed E-state index contributed by atoms with van der Waals surface area (Å²) in [5.41, 5.74) is 1.18. The third-order valence-electron chi connectivity index (χ3n) is 4.89. The highest BCUT2D eigenvalue weighted by molar-refractivity contribution is 6.32. The average molecular weight is 412 g/mol. The number of nitrogens with one attached hydrogen (secondary N) is 1. The second-order valence-electron chi connectivity index (χ2n) is 6.77. The molecule has 0 radical (unpaired) electrons. The highest BCUT2D eigenvalue weighted by atomic mass is 19.1. The van der Waals surface area contributed by atoms with E-state index in [0.29, 0.717) is 24.5 Å². The highest BCUT2D eigenvalue weighted by Crippen LogP contribution is 2.28. The molecular weight excluding hydrogens is 393 g/mol. The lowest BCUT2D eigenvalue weighted by Gasteiger charge is -2.27. The van der Waals surface area contributed by atoms with Gasteiger partial charge in [-0.2, -0.15) is 0 Å². The zero-order valence-electron chi connectivity index (χ0n) is 16.1. The first kappa shape index (κ1) is 19.5. The van der Waals surface area contributed by atoms with Gasteiger partial charge in [0.25, 0.3) is 18.7 Å². The molecule has 4 rings (SSSR count). The van der Waals surface area contributed by atoms with Crippen molar-refractivity contribution < 1.29 is 28.2 Å². The van der Waals surface area contributed by atoms with Gasteiger partial charge in [0.1, 0.15) is 11.6 Å². The van der Waals surface area contributed by atoms with Crippen molar-refractivity contribution in [2.75, 3.05) is 37.0 Å². The summed E-state index contributed by atoms with van der Waals surface area (Å²) in [7, 11) is 1.57. The summed E-state index contributed by atoms with van der Waals surface area (Å²) < 4.78 is 19.0. The Balaban J connectivity index is 1.53. The van der Waals surface area contributed by atoms with Gasteiger partial charge >= 0.3 is 11.8 Å². The molecule has 1 N–H and O–H groups in total. The van der Waals surface area contributed by atoms with Crippen LogP contribution in [0.2, 0.25) is 0 Å². The van der Waals surface area contributed by atoms with Crippen molar-refractivity contribution in [1.29, 1.82) is 0 Å². The van der Waals surface area contributed by atoms with Crippen LogP contribution in [0.15, 0.2) is 53.6 Å². The van der Waals surface area contributed by atoms with Gasteiger partial charge in [0.05, 0.1) is 7.11 Å². The summed E-state index contributed by atoms with van der Waals surface area (Å²) in [5, 5.41) is 6.89. The van der Waals surface area contributed by atoms with Gasteiger partial charge in [0.15, 0.2) is 0 Å². The lowest BCUT2D eigenvalue weighted by Crippen LogP contribution is -2.52. The Bertz CT molecular complexity index is 1020. The fraction of sp³-hybridized carbons (Fsp3) is 0.250. The second-order valence-corrected chi connectivity index (χ2v) is 6.77. The molecule has 0 bridgehead atoms. The number of nitrogens with zero attached hydrogens (tertiary/aromatic N) is 4. The Labute approximate surface area is 171 Å². The van der Waals surface area contributed by atoms with Crippen molar-refractivity contribution in [1.82, 2.24) is 4.90 Å². The molecule has 10 heteroatoms. The number of carbonyl (C=O) groups is 3. The summed E-state index contributed by atoms with van der Waals surface area (Å²) in [4.78, 5) is 40.5. The number of benzene rings is 2. The zero-order valence-corrected chi connectivity index (χ0v) is 16.1. The molecule has 154 valence electrons. The normalized spacial score (nSPS) is 18.2. The molecule has 2 aliphatic heterocycles. The van der Waals surface area contributed by atoms with Crippen LogP contribution in [-0.2, 0) is 14.4 Å². The lowest BCUT2D eigenvalue weighted by atomic mass is 10.3. The fourth-order valence-corrected chi connectivity index (χ4v) is 3.37. The maximum absolute atomic E-state index is 13.0. The van der Waals surface area contributed by atoms with E-state index in [2.05, 4.69) is 10.4 Å². The number of amides is 3. The number of methoxy groups -OCH3 is 1. The Morgan fingerprint density at radius 2 is 1.80 bits per heavy atom. The van der Waals surface area contributed by atoms with E-state index in [1.54, 1.807) is 19.2 Å². The average Bonchev–Trinajstić information content (AvgIpc) is 3.17. The van der Waals surface area contributed by atoms with E-state index < -0.39 is 36.4 Å². The van der Waals surface area contributed by atoms with Crippen LogP contribution in [0.5, 0.6) is 5.75 Å². The predicted molar refractivity (Wildman–Crippen MR) is 103 cm³/mol. The maximum atomic E-state index is 13.0. The third kappa shape index (κ3) is 3.71. The standard InChI is InChI=1S/C20H18FN5O4/c1-30-16-8-6-15(7-9-16)24-10-11-25-18(28)19(29)26(23-20(24)25)12-17(27)22-14-4-2-13(21)3-5-14/h2-9,20H,10-12H2,1H3/p+1. The molecule has 9 nitrogen and oxygen atoms in total. The van der Waals surface area contributed by atoms with Gasteiger partial charge in [-0.25, -0.2) is 9.18 Å². The minimum absolute atomic E-state index is 0.348. The van der Waals surface area contributed by atoms with Crippen LogP contribution < -0.4 is 15.0 Å². The van der Waals surface area contributed by atoms with E-state index in [-0.39, 0.29) is 0 Å². The van der Waals surface area contributed by atoms with Gasteiger partial charge in [0.2, 0.25) is 0 Å². The Morgan fingerprint density at radius 3 is 2.47 bits per heavy atom. The summed E-state index contributed by atoms with van der Waals surface area (Å²) in [6.45, 7) is 0.415. The molecule has 2 aromatic carbocycles. The number of halogens is 1. The minimum Gasteiger partial charge on any atom is -0.497 e. The number of rotatable bonds is 5. The fourth-order valence-electron chi connectivity index (χ4n) is 3.37. The van der Waals surface area contributed by atoms with Gasteiger partial charge in [-0.1, -0.05) is 0 Å². The maximum Gasteiger partial charge on any atom is 0.502 e. The molecule has 1 atom stereocenters. The third-order valence-corrected chi connectivity index (χ3v) is 4.89. The van der Waals surface area contributed by atoms with Crippen LogP contribution in [0.25, 0.3) is 0 Å². The van der Waals surface area contributed by atoms with Crippen molar-refractivity contribution in [2.45, 2.75) is 6.29 Å². The number of fused-ring (bicyclic) bond motifs is 1. The highest BCUT2D eigenvalue weighted by Gasteiger charge is 2.49. The SMILES string of the molecule is COc1ccc(N2CCN3C(=O)C(=O)[N+](CC(=O)Nc4ccc(F)cc4)=NC32)cc1. The number of azo groups is 2. The molecule has 1 unspecified atom stereocenters. The number of hydrogen-bond donors (Lipinski definition) is 1. The van der Waals surface area contributed by atoms with Crippen LogP contribution >= 0.6 is 0 Å². The molecule has 0 aromatic heterocycles. The van der Waals surface area contributed by atoms with E-state index in [0.717, 1.165) is 10.4 Å². The molecule has 0 aliphatic carbocycles. The summed E-state index contributed by atoms with van der Waals surface area (Å²) >= 11 is 0. The van der Waals surface area contributed by atoms with Crippen molar-refractivity contribution in [3.8, 4) is 5.75 Å². The molecule has 1 fully saturated rings. The minimum atomic E-state index is -0.864. The van der Waals surface area contributed by atoms with Gasteiger partial charge < -0.3 is 15.0 Å². The molecule has 2 heterocycles. The van der Waals surface area contributed by atoms with Crippen LogP contribution in [-0.4, -0.2) is 60.4 Å². The van der Waals surface area contributed by atoms with Crippen LogP contribution in [0.1, 0.15) is 0 Å². The van der Waals surface area contributed by atoms with Crippen molar-refractivity contribution in [3.63, 3.8) is 0 Å². The largest absolute Gasteiger partial charge is 0.502 e. The van der Waals surface area contributed by atoms with Gasteiger partial charge in [-0.3, -0.25) is 14.5 Å². The number of anilines is 2. The summed E-state index contributed by atoms with van der Waals surface area (Å²) in [6.07, 6.45) is -0.720. The predicted octanol–water partition coefficient (Wildman–Crippen LogP) is 1.41. The molecule has 0 saturated carbocycles. The van der Waals surface area contributed by atoms with Gasteiger partial charge in [0, 0.05) is 29.6 Å². The first-order valence-electron chi connectivity index (χ1n) is 9.25. The van der Waals surface area contributed by atoms with Gasteiger partial charge in [-0.05, 0) is 53.2 Å². The summed E-state index contributed by atoms with van der Waals surface area (Å²) in [5.74, 6) is -1.85. The van der Waals surface area contributed by atoms with E-state index in [1.165, 1.54) is 29.2 Å². The van der Waals surface area contributed by atoms with Crippen molar-refractivity contribution in [2.24, 2.45) is 5.11 Å². The van der Waals surface area contributed by atoms with Crippen molar-refractivity contribution >= 4 is 29.1 Å². The van der Waals surface area contributed by atoms with E-state index in [4.69, 9.17) is 4.74 Å². The topological polar surface area (TPSA) is 94.3 Å². The van der Waals surface area contributed by atoms with Crippen molar-refractivity contribution in [3.05, 3.63) is 54.3 Å². The Hall–Kier alpha value is -3.82. The van der Waals surface area contributed by atoms with E-state index in [1.807, 2.05) is 17.0 Å². The van der Waals surface area contributed by atoms with Crippen LogP contribution in [0.4, 0.5) is 15.8 Å². The number of hydrogen-bond acceptors (Lipinski definition) is 6. The Morgan fingerprint density at radius 1 is 1.13 bits per heavy atom.